The van der Waals surface area contributed by atoms with Gasteiger partial charge in [-0.3, -0.25) is 4.79 Å². The first kappa shape index (κ1) is 12.0. The lowest BCUT2D eigenvalue weighted by molar-refractivity contribution is 0.0994. The second-order valence-corrected chi connectivity index (χ2v) is 4.85. The van der Waals surface area contributed by atoms with Gasteiger partial charge in [0.05, 0.1) is 0 Å². The second kappa shape index (κ2) is 4.26. The molecule has 3 heteroatoms. The van der Waals surface area contributed by atoms with Crippen LogP contribution < -0.4 is 0 Å². The number of aryl methyl sites for hydroxylation is 2. The molecule has 0 spiro atoms. The first-order valence-electron chi connectivity index (χ1n) is 6.19. The van der Waals surface area contributed by atoms with Gasteiger partial charge in [0.15, 0.2) is 17.4 Å². The Labute approximate surface area is 109 Å². The smallest absolute Gasteiger partial charge is 0.166 e. The zero-order valence-corrected chi connectivity index (χ0v) is 10.5. The van der Waals surface area contributed by atoms with Gasteiger partial charge < -0.3 is 0 Å². The van der Waals surface area contributed by atoms with Crippen molar-refractivity contribution in [3.63, 3.8) is 0 Å². The summed E-state index contributed by atoms with van der Waals surface area (Å²) in [4.78, 5) is 11.5. The van der Waals surface area contributed by atoms with E-state index in [-0.39, 0.29) is 16.9 Å². The van der Waals surface area contributed by atoms with Crippen LogP contribution in [0.1, 0.15) is 27.9 Å². The predicted molar refractivity (Wildman–Crippen MR) is 69.2 cm³/mol. The molecule has 0 amide bonds. The highest BCUT2D eigenvalue weighted by atomic mass is 19.2. The molecule has 0 N–H and O–H groups in total. The van der Waals surface area contributed by atoms with Gasteiger partial charge in [0.25, 0.3) is 0 Å². The summed E-state index contributed by atoms with van der Waals surface area (Å²) in [6, 6.07) is 8.30. The highest BCUT2D eigenvalue weighted by Gasteiger charge is 2.20. The summed E-state index contributed by atoms with van der Waals surface area (Å²) >= 11 is 0. The van der Waals surface area contributed by atoms with E-state index in [1.54, 1.807) is 30.3 Å². The monoisotopic (exact) mass is 258 g/mol. The Morgan fingerprint density at radius 2 is 1.68 bits per heavy atom. The molecule has 1 aliphatic rings. The number of fused-ring (bicyclic) bond motifs is 1. The van der Waals surface area contributed by atoms with Crippen LogP contribution in [0.25, 0.3) is 11.1 Å². The molecule has 0 saturated heterocycles. The maximum atomic E-state index is 13.9. The summed E-state index contributed by atoms with van der Waals surface area (Å²) in [5.74, 6) is -1.52. The molecule has 1 nitrogen and oxygen atoms in total. The van der Waals surface area contributed by atoms with E-state index in [2.05, 4.69) is 0 Å². The van der Waals surface area contributed by atoms with Crippen molar-refractivity contribution in [3.05, 3.63) is 58.7 Å². The summed E-state index contributed by atoms with van der Waals surface area (Å²) in [5, 5.41) is 0. The normalized spacial score (nSPS) is 13.7. The van der Waals surface area contributed by atoms with Crippen LogP contribution in [0.15, 0.2) is 30.3 Å². The second-order valence-electron chi connectivity index (χ2n) is 4.85. The molecule has 0 aliphatic heterocycles. The average Bonchev–Trinajstić information content (AvgIpc) is 2.77. The number of halogens is 2. The number of benzene rings is 2. The summed E-state index contributed by atoms with van der Waals surface area (Å²) in [6.07, 6.45) is 1.18. The summed E-state index contributed by atoms with van der Waals surface area (Å²) < 4.78 is 27.5. The van der Waals surface area contributed by atoms with Gasteiger partial charge >= 0.3 is 0 Å². The lowest BCUT2D eigenvalue weighted by atomic mass is 9.99. The van der Waals surface area contributed by atoms with Crippen molar-refractivity contribution in [1.29, 1.82) is 0 Å². The van der Waals surface area contributed by atoms with Gasteiger partial charge in [0.2, 0.25) is 0 Å². The van der Waals surface area contributed by atoms with Gasteiger partial charge in [-0.15, -0.1) is 0 Å². The van der Waals surface area contributed by atoms with Crippen LogP contribution >= 0.6 is 0 Å². The number of hydrogen-bond acceptors (Lipinski definition) is 1. The fourth-order valence-corrected chi connectivity index (χ4v) is 2.49. The molecule has 0 radical (unpaired) electrons. The maximum Gasteiger partial charge on any atom is 0.166 e. The van der Waals surface area contributed by atoms with E-state index in [9.17, 15) is 13.6 Å². The van der Waals surface area contributed by atoms with Crippen molar-refractivity contribution in [2.75, 3.05) is 0 Å². The highest BCUT2D eigenvalue weighted by molar-refractivity contribution is 6.00. The van der Waals surface area contributed by atoms with Crippen LogP contribution in [0.4, 0.5) is 8.78 Å². The molecule has 1 aliphatic carbocycles. The number of hydrogen-bond donors (Lipinski definition) is 0. The first-order valence-corrected chi connectivity index (χ1v) is 6.19. The molecule has 0 unspecified atom stereocenters. The summed E-state index contributed by atoms with van der Waals surface area (Å²) in [7, 11) is 0. The van der Waals surface area contributed by atoms with E-state index < -0.39 is 11.6 Å². The Hall–Kier alpha value is -2.03. The van der Waals surface area contributed by atoms with Crippen LogP contribution in [-0.4, -0.2) is 5.78 Å². The van der Waals surface area contributed by atoms with Crippen molar-refractivity contribution in [2.24, 2.45) is 0 Å². The highest BCUT2D eigenvalue weighted by Crippen LogP contribution is 2.30. The van der Waals surface area contributed by atoms with Crippen LogP contribution in [0.3, 0.4) is 0 Å². The zero-order valence-electron chi connectivity index (χ0n) is 10.5. The molecule has 2 aromatic rings. The van der Waals surface area contributed by atoms with Gasteiger partial charge in [-0.1, -0.05) is 30.3 Å². The number of ketones is 1. The third kappa shape index (κ3) is 1.86. The Bertz CT molecular complexity index is 689. The SMILES string of the molecule is Cc1ccc(-c2ccc3c(c2)CCC3=O)c(F)c1F. The lowest BCUT2D eigenvalue weighted by Crippen LogP contribution is -1.95. The van der Waals surface area contributed by atoms with E-state index in [0.29, 0.717) is 24.0 Å². The van der Waals surface area contributed by atoms with Crippen LogP contribution in [-0.2, 0) is 6.42 Å². The molecule has 0 bridgehead atoms. The Kier molecular flexibility index (Phi) is 2.70. The minimum atomic E-state index is -0.829. The predicted octanol–water partition coefficient (Wildman–Crippen LogP) is 4.07. The van der Waals surface area contributed by atoms with Gasteiger partial charge in [0, 0.05) is 17.5 Å². The molecule has 0 fully saturated rings. The number of Topliss-reactive ketones (excluding diaryl/α,β-unsaturated/α-hetero) is 1. The van der Waals surface area contributed by atoms with E-state index in [4.69, 9.17) is 0 Å². The van der Waals surface area contributed by atoms with Gasteiger partial charge in [-0.2, -0.15) is 0 Å². The number of rotatable bonds is 1. The van der Waals surface area contributed by atoms with E-state index in [1.165, 1.54) is 6.92 Å². The first-order chi connectivity index (χ1) is 9.08. The van der Waals surface area contributed by atoms with E-state index in [1.807, 2.05) is 0 Å². The quantitative estimate of drug-likeness (QED) is 0.753. The van der Waals surface area contributed by atoms with Crippen molar-refractivity contribution >= 4 is 5.78 Å². The number of carbonyl (C=O) groups is 1. The molecule has 0 heterocycles. The van der Waals surface area contributed by atoms with Crippen molar-refractivity contribution in [3.8, 4) is 11.1 Å². The standard InChI is InChI=1S/C16H12F2O/c1-9-2-5-13(16(18)15(9)17)11-3-6-12-10(8-11)4-7-14(12)19/h2-3,5-6,8H,4,7H2,1H3. The van der Waals surface area contributed by atoms with Crippen molar-refractivity contribution in [1.82, 2.24) is 0 Å². The summed E-state index contributed by atoms with van der Waals surface area (Å²) in [6.45, 7) is 1.53. The molecule has 3 rings (SSSR count). The van der Waals surface area contributed by atoms with Crippen LogP contribution in [0.2, 0.25) is 0 Å². The molecular formula is C16H12F2O. The zero-order chi connectivity index (χ0) is 13.6. The Morgan fingerprint density at radius 1 is 0.947 bits per heavy atom. The van der Waals surface area contributed by atoms with Crippen LogP contribution in [0, 0.1) is 18.6 Å². The third-order valence-corrected chi connectivity index (χ3v) is 3.61. The summed E-state index contributed by atoms with van der Waals surface area (Å²) in [5.41, 5.74) is 2.77. The van der Waals surface area contributed by atoms with E-state index >= 15 is 0 Å². The lowest BCUT2D eigenvalue weighted by Gasteiger charge is -2.08. The van der Waals surface area contributed by atoms with Gasteiger partial charge in [-0.05, 0) is 30.0 Å². The fourth-order valence-electron chi connectivity index (χ4n) is 2.49. The molecule has 96 valence electrons. The van der Waals surface area contributed by atoms with Crippen molar-refractivity contribution in [2.45, 2.75) is 19.8 Å². The van der Waals surface area contributed by atoms with E-state index in [0.717, 1.165) is 5.56 Å². The average molecular weight is 258 g/mol. The fraction of sp³-hybridized carbons (Fsp3) is 0.188. The molecule has 0 atom stereocenters. The topological polar surface area (TPSA) is 17.1 Å². The molecule has 0 saturated carbocycles. The minimum Gasteiger partial charge on any atom is -0.294 e. The molecule has 2 aromatic carbocycles. The van der Waals surface area contributed by atoms with Gasteiger partial charge in [0.1, 0.15) is 0 Å². The Balaban J connectivity index is 2.14. The Morgan fingerprint density at radius 3 is 2.47 bits per heavy atom. The molecular weight excluding hydrogens is 246 g/mol. The van der Waals surface area contributed by atoms with Gasteiger partial charge in [-0.25, -0.2) is 8.78 Å². The molecule has 19 heavy (non-hydrogen) atoms. The molecule has 0 aromatic heterocycles. The largest absolute Gasteiger partial charge is 0.294 e. The van der Waals surface area contributed by atoms with Crippen LogP contribution in [0.5, 0.6) is 0 Å². The third-order valence-electron chi connectivity index (χ3n) is 3.61. The maximum absolute atomic E-state index is 13.9. The number of carbonyl (C=O) groups excluding carboxylic acids is 1. The minimum absolute atomic E-state index is 0.122. The van der Waals surface area contributed by atoms with Crippen molar-refractivity contribution < 1.29 is 13.6 Å².